The quantitative estimate of drug-likeness (QED) is 0.116. The minimum Gasteiger partial charge on any atom is -0.452 e. The molecule has 0 atom stereocenters. The number of rotatable bonds is 9. The van der Waals surface area contributed by atoms with E-state index < -0.39 is 0 Å². The average molecular weight is 834 g/mol. The molecule has 0 radical (unpaired) electrons. The molecule has 0 bridgehead atoms. The van der Waals surface area contributed by atoms with Gasteiger partial charge >= 0.3 is 0 Å². The molecule has 5 heteroatoms. The molecule has 0 fully saturated rings. The van der Waals surface area contributed by atoms with Gasteiger partial charge in [0, 0.05) is 52.5 Å². The molecule has 0 unspecified atom stereocenters. The molecule has 0 aliphatic carbocycles. The van der Waals surface area contributed by atoms with Gasteiger partial charge in [-0.1, -0.05) is 199 Å². The first-order valence-electron chi connectivity index (χ1n) is 22.3. The highest BCUT2D eigenvalue weighted by Gasteiger charge is 2.17. The predicted molar refractivity (Wildman–Crippen MR) is 273 cm³/mol. The molecule has 0 amide bonds. The molecule has 322 valence electrons. The monoisotopic (exact) mass is 833 g/mol. The SMILES string of the molecule is CC.CC.CC.CN(C)/C(=C\Cc1ccc2c(c1)oc1c2ccc2c3ccc(/C(=C/Cc4ccccc4)N=C(N)c4ccccc4)cc3oc21)c1ccccc1.Cc1ccccc1. The van der Waals surface area contributed by atoms with Gasteiger partial charge in [0.1, 0.15) is 17.0 Å². The number of aliphatic imine (C=N–C) groups is 1. The lowest BCUT2D eigenvalue weighted by atomic mass is 10.0. The van der Waals surface area contributed by atoms with E-state index in [2.05, 4.69) is 147 Å². The van der Waals surface area contributed by atoms with Crippen LogP contribution in [0.3, 0.4) is 0 Å². The zero-order chi connectivity index (χ0) is 45.1. The van der Waals surface area contributed by atoms with Crippen molar-refractivity contribution >= 4 is 61.1 Å². The standard InChI is InChI=1S/C45H37N3O2.C7H8.3C2H6/c1-48(2)40(32-14-8-4-9-15-32)27-20-31-18-22-35-37-24-25-38-36-23-21-34(29-42(36)50-44(38)43(37)49-41(35)28-31)39(26-19-30-12-6-3-7-13-30)47-45(46)33-16-10-5-11-17-33;1-7-5-3-2-4-6-7;3*1-2/h3-18,21-29H,19-20H2,1-2H3,(H2,46,47);2-6H,1H3;3*1-2H3/b39-26-,40-27-;;;;. The van der Waals surface area contributed by atoms with Gasteiger partial charge in [0.2, 0.25) is 0 Å². The minimum atomic E-state index is 0.464. The molecule has 0 saturated heterocycles. The van der Waals surface area contributed by atoms with Gasteiger partial charge < -0.3 is 19.5 Å². The number of benzene rings is 7. The molecular weight excluding hydrogens is 771 g/mol. The van der Waals surface area contributed by atoms with Gasteiger partial charge in [-0.05, 0) is 66.8 Å². The minimum absolute atomic E-state index is 0.464. The van der Waals surface area contributed by atoms with Crippen molar-refractivity contribution in [2.24, 2.45) is 10.7 Å². The number of nitrogens with zero attached hydrogens (tertiary/aromatic N) is 2. The second-order valence-electron chi connectivity index (χ2n) is 14.4. The Morgan fingerprint density at radius 2 is 0.952 bits per heavy atom. The molecule has 9 rings (SSSR count). The van der Waals surface area contributed by atoms with Gasteiger partial charge in [0.05, 0.1) is 5.70 Å². The van der Waals surface area contributed by atoms with E-state index in [-0.39, 0.29) is 0 Å². The van der Waals surface area contributed by atoms with Crippen LogP contribution in [-0.2, 0) is 12.8 Å². The summed E-state index contributed by atoms with van der Waals surface area (Å²) in [4.78, 5) is 7.08. The van der Waals surface area contributed by atoms with Crippen LogP contribution in [0.4, 0.5) is 0 Å². The van der Waals surface area contributed by atoms with Crippen LogP contribution in [0.5, 0.6) is 0 Å². The molecule has 0 saturated carbocycles. The third-order valence-electron chi connectivity index (χ3n) is 10.1. The Bertz CT molecular complexity index is 2870. The summed E-state index contributed by atoms with van der Waals surface area (Å²) in [5.41, 5.74) is 18.3. The zero-order valence-corrected chi connectivity index (χ0v) is 38.5. The fourth-order valence-corrected chi connectivity index (χ4v) is 7.18. The van der Waals surface area contributed by atoms with E-state index in [4.69, 9.17) is 19.6 Å². The van der Waals surface area contributed by atoms with E-state index in [0.29, 0.717) is 5.84 Å². The normalized spacial score (nSPS) is 11.4. The van der Waals surface area contributed by atoms with Crippen molar-refractivity contribution in [2.45, 2.75) is 61.3 Å². The number of furan rings is 2. The molecule has 7 aromatic carbocycles. The highest BCUT2D eigenvalue weighted by atomic mass is 16.4. The maximum absolute atomic E-state index is 6.61. The lowest BCUT2D eigenvalue weighted by Crippen LogP contribution is -2.13. The summed E-state index contributed by atoms with van der Waals surface area (Å²) in [5.74, 6) is 0.464. The van der Waals surface area contributed by atoms with E-state index >= 15 is 0 Å². The van der Waals surface area contributed by atoms with E-state index in [1.807, 2.05) is 102 Å². The zero-order valence-electron chi connectivity index (χ0n) is 38.5. The number of allylic oxidation sites excluding steroid dienone is 2. The molecule has 0 spiro atoms. The molecule has 0 aliphatic heterocycles. The van der Waals surface area contributed by atoms with Gasteiger partial charge in [-0.2, -0.15) is 0 Å². The van der Waals surface area contributed by atoms with Crippen LogP contribution in [0.15, 0.2) is 196 Å². The van der Waals surface area contributed by atoms with Crippen molar-refractivity contribution in [3.8, 4) is 0 Å². The van der Waals surface area contributed by atoms with Crippen molar-refractivity contribution in [1.82, 2.24) is 4.90 Å². The van der Waals surface area contributed by atoms with Crippen LogP contribution >= 0.6 is 0 Å². The van der Waals surface area contributed by atoms with Crippen molar-refractivity contribution < 1.29 is 8.83 Å². The molecule has 63 heavy (non-hydrogen) atoms. The van der Waals surface area contributed by atoms with Crippen LogP contribution in [-0.4, -0.2) is 24.8 Å². The average Bonchev–Trinajstić information content (AvgIpc) is 3.91. The number of hydrogen-bond donors (Lipinski definition) is 1. The van der Waals surface area contributed by atoms with E-state index in [1.165, 1.54) is 28.0 Å². The third-order valence-corrected chi connectivity index (χ3v) is 10.1. The van der Waals surface area contributed by atoms with Crippen LogP contribution in [0.25, 0.3) is 55.3 Å². The van der Waals surface area contributed by atoms with Crippen LogP contribution in [0.2, 0.25) is 0 Å². The first-order chi connectivity index (χ1) is 30.9. The number of fused-ring (bicyclic) bond motifs is 7. The van der Waals surface area contributed by atoms with Crippen molar-refractivity contribution in [1.29, 1.82) is 0 Å². The van der Waals surface area contributed by atoms with Gasteiger partial charge in [0.15, 0.2) is 11.2 Å². The van der Waals surface area contributed by atoms with Crippen LogP contribution in [0.1, 0.15) is 74.9 Å². The van der Waals surface area contributed by atoms with Crippen molar-refractivity contribution in [2.75, 3.05) is 14.1 Å². The highest BCUT2D eigenvalue weighted by Crippen LogP contribution is 2.39. The first-order valence-corrected chi connectivity index (χ1v) is 22.3. The fourth-order valence-electron chi connectivity index (χ4n) is 7.18. The lowest BCUT2D eigenvalue weighted by Gasteiger charge is -2.17. The Morgan fingerprint density at radius 1 is 0.492 bits per heavy atom. The molecule has 0 aliphatic rings. The maximum atomic E-state index is 6.61. The third kappa shape index (κ3) is 11.8. The second kappa shape index (κ2) is 23.8. The first kappa shape index (κ1) is 46.9. The van der Waals surface area contributed by atoms with Gasteiger partial charge in [-0.15, -0.1) is 0 Å². The van der Waals surface area contributed by atoms with Gasteiger partial charge in [-0.25, -0.2) is 4.99 Å². The number of amidine groups is 1. The molecule has 9 aromatic rings. The van der Waals surface area contributed by atoms with Crippen molar-refractivity contribution in [3.63, 3.8) is 0 Å². The van der Waals surface area contributed by atoms with E-state index in [9.17, 15) is 0 Å². The molecular formula is C58H63N3O2. The lowest BCUT2D eigenvalue weighted by molar-refractivity contribution is 0.590. The summed E-state index contributed by atoms with van der Waals surface area (Å²) < 4.78 is 13.2. The van der Waals surface area contributed by atoms with Gasteiger partial charge in [-0.3, -0.25) is 0 Å². The summed E-state index contributed by atoms with van der Waals surface area (Å²) >= 11 is 0. The Morgan fingerprint density at radius 3 is 1.48 bits per heavy atom. The second-order valence-corrected chi connectivity index (χ2v) is 14.4. The molecule has 2 aromatic heterocycles. The predicted octanol–water partition coefficient (Wildman–Crippen LogP) is 15.7. The van der Waals surface area contributed by atoms with E-state index in [0.717, 1.165) is 73.5 Å². The highest BCUT2D eigenvalue weighted by molar-refractivity contribution is 6.19. The summed E-state index contributed by atoms with van der Waals surface area (Å²) in [6.07, 6.45) is 5.91. The summed E-state index contributed by atoms with van der Waals surface area (Å²) in [5, 5.41) is 4.15. The Hall–Kier alpha value is -7.11. The molecule has 2 N–H and O–H groups in total. The largest absolute Gasteiger partial charge is 0.452 e. The summed E-state index contributed by atoms with van der Waals surface area (Å²) in [6, 6.07) is 58.0. The number of nitrogens with two attached hydrogens (primary N) is 1. The number of hydrogen-bond acceptors (Lipinski definition) is 4. The van der Waals surface area contributed by atoms with Crippen LogP contribution in [0, 0.1) is 6.92 Å². The Balaban J connectivity index is 0.000000509. The summed E-state index contributed by atoms with van der Waals surface area (Å²) in [6.45, 7) is 14.1. The Labute approximate surface area is 374 Å². The van der Waals surface area contributed by atoms with Crippen LogP contribution < -0.4 is 5.73 Å². The Kier molecular flexibility index (Phi) is 17.7. The smallest absolute Gasteiger partial charge is 0.178 e. The molecule has 2 heterocycles. The topological polar surface area (TPSA) is 67.9 Å². The number of aryl methyl sites for hydroxylation is 1. The fraction of sp³-hybridized carbons (Fsp3) is 0.190. The molecule has 5 nitrogen and oxygen atoms in total. The summed E-state index contributed by atoms with van der Waals surface area (Å²) in [7, 11) is 4.16. The van der Waals surface area contributed by atoms with E-state index in [1.54, 1.807) is 0 Å². The maximum Gasteiger partial charge on any atom is 0.178 e. The van der Waals surface area contributed by atoms with Gasteiger partial charge in [0.25, 0.3) is 0 Å². The van der Waals surface area contributed by atoms with Crippen molar-refractivity contribution in [3.05, 3.63) is 215 Å².